The van der Waals surface area contributed by atoms with Gasteiger partial charge < -0.3 is 15.0 Å². The molecule has 0 spiro atoms. The van der Waals surface area contributed by atoms with Gasteiger partial charge in [0.2, 0.25) is 10.0 Å². The largest absolute Gasteiger partial charge is 0.379 e. The molecule has 5 rings (SSSR count). The van der Waals surface area contributed by atoms with E-state index in [0.717, 1.165) is 16.4 Å². The van der Waals surface area contributed by atoms with Crippen LogP contribution in [0, 0.1) is 5.82 Å². The first-order chi connectivity index (χ1) is 16.9. The van der Waals surface area contributed by atoms with E-state index in [4.69, 9.17) is 4.74 Å². The van der Waals surface area contributed by atoms with Crippen molar-refractivity contribution >= 4 is 32.7 Å². The van der Waals surface area contributed by atoms with E-state index in [1.54, 1.807) is 24.3 Å². The van der Waals surface area contributed by atoms with E-state index in [1.807, 2.05) is 0 Å². The number of para-hydroxylation sites is 2. The Morgan fingerprint density at radius 1 is 1.14 bits per heavy atom. The molecule has 13 heteroatoms. The van der Waals surface area contributed by atoms with Crippen molar-refractivity contribution in [1.82, 2.24) is 24.1 Å². The van der Waals surface area contributed by atoms with Gasteiger partial charge in [0.1, 0.15) is 16.1 Å². The highest BCUT2D eigenvalue weighted by molar-refractivity contribution is 7.89. The summed E-state index contributed by atoms with van der Waals surface area (Å²) in [6.07, 6.45) is 2.61. The highest BCUT2D eigenvalue weighted by Crippen LogP contribution is 2.25. The summed E-state index contributed by atoms with van der Waals surface area (Å²) in [7, 11) is -4.15. The zero-order valence-corrected chi connectivity index (χ0v) is 19.0. The van der Waals surface area contributed by atoms with Crippen molar-refractivity contribution in [1.29, 1.82) is 0 Å². The van der Waals surface area contributed by atoms with Gasteiger partial charge in [0, 0.05) is 18.7 Å². The summed E-state index contributed by atoms with van der Waals surface area (Å²) >= 11 is 0. The fourth-order valence-electron chi connectivity index (χ4n) is 3.76. The molecule has 1 saturated heterocycles. The lowest BCUT2D eigenvalue weighted by molar-refractivity contribution is 0.0729. The van der Waals surface area contributed by atoms with Crippen molar-refractivity contribution < 1.29 is 22.3 Å². The number of nitrogens with zero attached hydrogens (tertiary/aromatic N) is 4. The number of anilines is 1. The number of benzene rings is 2. The van der Waals surface area contributed by atoms with Gasteiger partial charge in [-0.25, -0.2) is 22.5 Å². The number of carbonyl (C=O) groups excluding carboxylic acids is 1. The Morgan fingerprint density at radius 2 is 1.91 bits per heavy atom. The third-order valence-corrected chi connectivity index (χ3v) is 7.45. The second-order valence-corrected chi connectivity index (χ2v) is 9.56. The summed E-state index contributed by atoms with van der Waals surface area (Å²) in [6, 6.07) is 9.86. The number of aromatic amines is 1. The third kappa shape index (κ3) is 4.20. The fourth-order valence-corrected chi connectivity index (χ4v) is 5.26. The van der Waals surface area contributed by atoms with E-state index in [0.29, 0.717) is 11.4 Å². The molecule has 1 fully saturated rings. The van der Waals surface area contributed by atoms with Crippen LogP contribution in [-0.2, 0) is 14.8 Å². The number of ether oxygens (including phenoxy) is 1. The maximum atomic E-state index is 14.5. The summed E-state index contributed by atoms with van der Waals surface area (Å²) in [5.74, 6) is -1.61. The lowest BCUT2D eigenvalue weighted by atomic mass is 10.2. The normalized spacial score (nSPS) is 14.8. The number of hydrogen-bond donors (Lipinski definition) is 2. The molecule has 4 aromatic rings. The topological polar surface area (TPSA) is 139 Å². The number of aromatic nitrogens is 4. The molecular formula is C22H19FN6O5S. The molecule has 2 aromatic heterocycles. The molecule has 3 heterocycles. The molecule has 2 N–H and O–H groups in total. The highest BCUT2D eigenvalue weighted by atomic mass is 32.2. The quantitative estimate of drug-likeness (QED) is 0.425. The lowest BCUT2D eigenvalue weighted by Crippen LogP contribution is -2.41. The highest BCUT2D eigenvalue weighted by Gasteiger charge is 2.30. The first-order valence-corrected chi connectivity index (χ1v) is 12.0. The Kier molecular flexibility index (Phi) is 5.88. The maximum Gasteiger partial charge on any atom is 0.261 e. The molecule has 0 saturated carbocycles. The van der Waals surface area contributed by atoms with E-state index < -0.39 is 26.6 Å². The number of hydrogen-bond acceptors (Lipinski definition) is 7. The van der Waals surface area contributed by atoms with Gasteiger partial charge >= 0.3 is 0 Å². The average molecular weight is 498 g/mol. The van der Waals surface area contributed by atoms with Crippen molar-refractivity contribution in [2.75, 3.05) is 31.6 Å². The number of morpholine rings is 1. The molecule has 2 aromatic carbocycles. The summed E-state index contributed by atoms with van der Waals surface area (Å²) in [6.45, 7) is 0.613. The van der Waals surface area contributed by atoms with Crippen LogP contribution in [0.4, 0.5) is 10.1 Å². The first kappa shape index (κ1) is 22.8. The minimum Gasteiger partial charge on any atom is -0.379 e. The van der Waals surface area contributed by atoms with E-state index in [1.165, 1.54) is 23.3 Å². The van der Waals surface area contributed by atoms with E-state index in [9.17, 15) is 22.4 Å². The summed E-state index contributed by atoms with van der Waals surface area (Å²) in [4.78, 5) is 31.1. The number of rotatable bonds is 5. The van der Waals surface area contributed by atoms with Crippen LogP contribution in [0.2, 0.25) is 0 Å². The number of fused-ring (bicyclic) bond motifs is 1. The third-order valence-electron chi connectivity index (χ3n) is 5.53. The van der Waals surface area contributed by atoms with Crippen LogP contribution in [0.25, 0.3) is 16.7 Å². The van der Waals surface area contributed by atoms with Crippen LogP contribution in [-0.4, -0.2) is 64.7 Å². The summed E-state index contributed by atoms with van der Waals surface area (Å²) < 4.78 is 48.1. The Balaban J connectivity index is 1.48. The minimum absolute atomic E-state index is 0.0482. The SMILES string of the molecule is O=C(Nc1ccccc1-n1ncc2c(=O)[nH]cnc21)c1ccc(F)c(S(=O)(=O)N2CCOCC2)c1. The monoisotopic (exact) mass is 498 g/mol. The van der Waals surface area contributed by atoms with Gasteiger partial charge in [-0.3, -0.25) is 9.59 Å². The summed E-state index contributed by atoms with van der Waals surface area (Å²) in [5, 5.41) is 7.19. The summed E-state index contributed by atoms with van der Waals surface area (Å²) in [5.41, 5.74) is 0.635. The Morgan fingerprint density at radius 3 is 2.71 bits per heavy atom. The van der Waals surface area contributed by atoms with Crippen LogP contribution in [0.3, 0.4) is 0 Å². The molecule has 11 nitrogen and oxygen atoms in total. The molecule has 0 unspecified atom stereocenters. The minimum atomic E-state index is -4.15. The van der Waals surface area contributed by atoms with Gasteiger partial charge in [0.05, 0.1) is 37.1 Å². The van der Waals surface area contributed by atoms with Crippen molar-refractivity contribution in [3.8, 4) is 5.69 Å². The Hall–Kier alpha value is -3.94. The standard InChI is InChI=1S/C22H19FN6O5S/c23-16-6-5-14(11-19(16)35(32,33)28-7-9-34-10-8-28)21(30)27-17-3-1-2-4-18(17)29-20-15(12-26-29)22(31)25-13-24-20/h1-6,11-13H,7-10H2,(H,27,30)(H,24,25,31). The molecule has 1 aliphatic rings. The number of amides is 1. The van der Waals surface area contributed by atoms with Crippen molar-refractivity contribution in [3.05, 3.63) is 76.7 Å². The predicted octanol–water partition coefficient (Wildman–Crippen LogP) is 1.52. The van der Waals surface area contributed by atoms with Crippen LogP contribution in [0.1, 0.15) is 10.4 Å². The number of H-pyrrole nitrogens is 1. The Bertz CT molecular complexity index is 1590. The molecule has 180 valence electrons. The lowest BCUT2D eigenvalue weighted by Gasteiger charge is -2.26. The van der Waals surface area contributed by atoms with Gasteiger partial charge in [0.15, 0.2) is 5.65 Å². The van der Waals surface area contributed by atoms with E-state index in [2.05, 4.69) is 20.4 Å². The second-order valence-electron chi connectivity index (χ2n) is 7.66. The zero-order chi connectivity index (χ0) is 24.6. The first-order valence-electron chi connectivity index (χ1n) is 10.6. The molecule has 1 amide bonds. The number of nitrogens with one attached hydrogen (secondary N) is 2. The van der Waals surface area contributed by atoms with Crippen molar-refractivity contribution in [2.45, 2.75) is 4.90 Å². The van der Waals surface area contributed by atoms with Crippen LogP contribution >= 0.6 is 0 Å². The van der Waals surface area contributed by atoms with Gasteiger partial charge in [0.25, 0.3) is 11.5 Å². The maximum absolute atomic E-state index is 14.5. The molecule has 1 aliphatic heterocycles. The smallest absolute Gasteiger partial charge is 0.261 e. The molecule has 0 bridgehead atoms. The van der Waals surface area contributed by atoms with Crippen molar-refractivity contribution in [2.24, 2.45) is 0 Å². The van der Waals surface area contributed by atoms with Gasteiger partial charge in [-0.05, 0) is 30.3 Å². The molecule has 0 atom stereocenters. The van der Waals surface area contributed by atoms with Gasteiger partial charge in [-0.1, -0.05) is 12.1 Å². The van der Waals surface area contributed by atoms with Gasteiger partial charge in [-0.2, -0.15) is 9.40 Å². The van der Waals surface area contributed by atoms with Crippen molar-refractivity contribution in [3.63, 3.8) is 0 Å². The number of halogens is 1. The second kappa shape index (κ2) is 9.02. The average Bonchev–Trinajstić information content (AvgIpc) is 3.30. The van der Waals surface area contributed by atoms with E-state index >= 15 is 0 Å². The number of carbonyl (C=O) groups is 1. The van der Waals surface area contributed by atoms with Crippen LogP contribution in [0.5, 0.6) is 0 Å². The molecule has 35 heavy (non-hydrogen) atoms. The number of sulfonamides is 1. The predicted molar refractivity (Wildman–Crippen MR) is 123 cm³/mol. The van der Waals surface area contributed by atoms with Crippen LogP contribution < -0.4 is 10.9 Å². The molecular weight excluding hydrogens is 479 g/mol. The van der Waals surface area contributed by atoms with E-state index in [-0.39, 0.29) is 48.5 Å². The van der Waals surface area contributed by atoms with Gasteiger partial charge in [-0.15, -0.1) is 0 Å². The zero-order valence-electron chi connectivity index (χ0n) is 18.1. The van der Waals surface area contributed by atoms with Crippen LogP contribution in [0.15, 0.2) is 64.7 Å². The molecule has 0 aliphatic carbocycles. The fraction of sp³-hybridized carbons (Fsp3) is 0.182. The Labute approximate surface area is 198 Å². The molecule has 0 radical (unpaired) electrons.